The highest BCUT2D eigenvalue weighted by Gasteiger charge is 2.23. The molecule has 2 N–H and O–H groups in total. The van der Waals surface area contributed by atoms with E-state index < -0.39 is 12.0 Å². The number of aliphatic carboxylic acids is 1. The van der Waals surface area contributed by atoms with E-state index in [1.54, 1.807) is 12.1 Å². The van der Waals surface area contributed by atoms with Crippen LogP contribution in [0.3, 0.4) is 0 Å². The Bertz CT molecular complexity index is 498. The molecule has 2 heterocycles. The van der Waals surface area contributed by atoms with E-state index in [1.807, 2.05) is 0 Å². The van der Waals surface area contributed by atoms with Gasteiger partial charge in [0.05, 0.1) is 10.7 Å². The van der Waals surface area contributed by atoms with Crippen molar-refractivity contribution in [2.75, 3.05) is 5.32 Å². The van der Waals surface area contributed by atoms with Crippen molar-refractivity contribution < 1.29 is 14.3 Å². The molecule has 0 fully saturated rings. The maximum Gasteiger partial charge on any atom is 0.334 e. The van der Waals surface area contributed by atoms with Gasteiger partial charge < -0.3 is 14.8 Å². The van der Waals surface area contributed by atoms with E-state index in [2.05, 4.69) is 31.2 Å². The van der Waals surface area contributed by atoms with Gasteiger partial charge in [0.2, 0.25) is 5.95 Å². The summed E-state index contributed by atoms with van der Waals surface area (Å²) in [5.74, 6) is -0.549. The molecule has 2 aromatic heterocycles. The molecular weight excluding hydrogens is 290 g/mol. The Kier molecular flexibility index (Phi) is 3.38. The van der Waals surface area contributed by atoms with Crippen LogP contribution in [0.4, 0.5) is 5.95 Å². The van der Waals surface area contributed by atoms with Crippen molar-refractivity contribution in [2.24, 2.45) is 0 Å². The van der Waals surface area contributed by atoms with Crippen molar-refractivity contribution >= 4 is 27.8 Å². The minimum absolute atomic E-state index is 0.219. The van der Waals surface area contributed by atoms with Crippen LogP contribution in [0.25, 0.3) is 0 Å². The molecule has 6 nitrogen and oxygen atoms in total. The van der Waals surface area contributed by atoms with Crippen LogP contribution >= 0.6 is 15.9 Å². The summed E-state index contributed by atoms with van der Waals surface area (Å²) in [7, 11) is 0. The topological polar surface area (TPSA) is 88.2 Å². The Morgan fingerprint density at radius 3 is 2.71 bits per heavy atom. The van der Waals surface area contributed by atoms with Crippen LogP contribution in [-0.2, 0) is 4.79 Å². The first kappa shape index (κ1) is 11.6. The van der Waals surface area contributed by atoms with Gasteiger partial charge in [-0.3, -0.25) is 0 Å². The number of carboxylic acid groups (broad SMARTS) is 1. The van der Waals surface area contributed by atoms with Gasteiger partial charge in [-0.25, -0.2) is 14.8 Å². The lowest BCUT2D eigenvalue weighted by Gasteiger charge is -2.11. The van der Waals surface area contributed by atoms with Gasteiger partial charge in [-0.2, -0.15) is 0 Å². The summed E-state index contributed by atoms with van der Waals surface area (Å²) in [5, 5.41) is 11.7. The highest BCUT2D eigenvalue weighted by atomic mass is 79.9. The van der Waals surface area contributed by atoms with E-state index in [0.29, 0.717) is 10.2 Å². The van der Waals surface area contributed by atoms with E-state index >= 15 is 0 Å². The number of aromatic nitrogens is 2. The standard InChI is InChI=1S/C10H8BrN3O3/c11-6-4-12-10(13-5-6)14-8(9(15)16)7-2-1-3-17-7/h1-5,8H,(H,15,16)(H,12,13,14). The average Bonchev–Trinajstić information content (AvgIpc) is 2.81. The second kappa shape index (κ2) is 4.96. The summed E-state index contributed by atoms with van der Waals surface area (Å²) in [6, 6.07) is 2.19. The fourth-order valence-electron chi connectivity index (χ4n) is 1.23. The molecule has 0 amide bonds. The Hall–Kier alpha value is -1.89. The molecule has 0 spiro atoms. The van der Waals surface area contributed by atoms with E-state index in [-0.39, 0.29) is 5.95 Å². The van der Waals surface area contributed by atoms with Crippen LogP contribution < -0.4 is 5.32 Å². The van der Waals surface area contributed by atoms with Gasteiger partial charge in [0, 0.05) is 12.4 Å². The second-order valence-electron chi connectivity index (χ2n) is 3.16. The molecule has 1 unspecified atom stereocenters. The Balaban J connectivity index is 2.19. The third-order valence-corrected chi connectivity index (χ3v) is 2.38. The van der Waals surface area contributed by atoms with Crippen LogP contribution in [0.2, 0.25) is 0 Å². The largest absolute Gasteiger partial charge is 0.479 e. The van der Waals surface area contributed by atoms with Crippen molar-refractivity contribution in [2.45, 2.75) is 6.04 Å². The molecule has 88 valence electrons. The number of carbonyl (C=O) groups is 1. The summed E-state index contributed by atoms with van der Waals surface area (Å²) in [4.78, 5) is 19.0. The first-order valence-corrected chi connectivity index (χ1v) is 5.46. The molecule has 17 heavy (non-hydrogen) atoms. The molecule has 2 rings (SSSR count). The predicted molar refractivity (Wildman–Crippen MR) is 62.4 cm³/mol. The van der Waals surface area contributed by atoms with Crippen molar-refractivity contribution in [1.82, 2.24) is 9.97 Å². The molecule has 0 bridgehead atoms. The maximum absolute atomic E-state index is 11.1. The van der Waals surface area contributed by atoms with Crippen LogP contribution in [0.5, 0.6) is 0 Å². The summed E-state index contributed by atoms with van der Waals surface area (Å²) in [6.07, 6.45) is 4.46. The van der Waals surface area contributed by atoms with Gasteiger partial charge in [-0.1, -0.05) is 0 Å². The lowest BCUT2D eigenvalue weighted by molar-refractivity contribution is -0.138. The quantitative estimate of drug-likeness (QED) is 0.898. The smallest absolute Gasteiger partial charge is 0.334 e. The Morgan fingerprint density at radius 1 is 1.47 bits per heavy atom. The molecule has 0 aromatic carbocycles. The zero-order chi connectivity index (χ0) is 12.3. The van der Waals surface area contributed by atoms with Gasteiger partial charge >= 0.3 is 5.97 Å². The molecule has 7 heteroatoms. The number of hydrogen-bond donors (Lipinski definition) is 2. The van der Waals surface area contributed by atoms with Crippen LogP contribution in [0, 0.1) is 0 Å². The normalized spacial score (nSPS) is 12.1. The van der Waals surface area contributed by atoms with E-state index in [4.69, 9.17) is 9.52 Å². The summed E-state index contributed by atoms with van der Waals surface area (Å²) in [6.45, 7) is 0. The first-order chi connectivity index (χ1) is 8.16. The van der Waals surface area contributed by atoms with Crippen molar-refractivity contribution in [3.63, 3.8) is 0 Å². The minimum Gasteiger partial charge on any atom is -0.479 e. The number of nitrogens with one attached hydrogen (secondary N) is 1. The van der Waals surface area contributed by atoms with Crippen molar-refractivity contribution in [3.05, 3.63) is 41.0 Å². The van der Waals surface area contributed by atoms with E-state index in [0.717, 1.165) is 0 Å². The number of hydrogen-bond acceptors (Lipinski definition) is 5. The van der Waals surface area contributed by atoms with E-state index in [1.165, 1.54) is 18.7 Å². The third kappa shape index (κ3) is 2.82. The fraction of sp³-hybridized carbons (Fsp3) is 0.100. The number of nitrogens with zero attached hydrogens (tertiary/aromatic N) is 2. The second-order valence-corrected chi connectivity index (χ2v) is 4.07. The molecule has 0 aliphatic rings. The maximum atomic E-state index is 11.1. The van der Waals surface area contributed by atoms with Gasteiger partial charge in [0.1, 0.15) is 5.76 Å². The van der Waals surface area contributed by atoms with Gasteiger partial charge in [-0.05, 0) is 28.1 Å². The minimum atomic E-state index is -1.06. The molecule has 2 aromatic rings. The third-order valence-electron chi connectivity index (χ3n) is 1.97. The molecule has 1 atom stereocenters. The molecule has 0 aliphatic carbocycles. The summed E-state index contributed by atoms with van der Waals surface area (Å²) < 4.78 is 5.76. The monoisotopic (exact) mass is 297 g/mol. The average molecular weight is 298 g/mol. The zero-order valence-corrected chi connectivity index (χ0v) is 10.1. The lowest BCUT2D eigenvalue weighted by Crippen LogP contribution is -2.21. The van der Waals surface area contributed by atoms with Crippen LogP contribution in [-0.4, -0.2) is 21.0 Å². The lowest BCUT2D eigenvalue weighted by atomic mass is 10.2. The van der Waals surface area contributed by atoms with E-state index in [9.17, 15) is 4.79 Å². The Labute approximate surface area is 105 Å². The molecule has 0 aliphatic heterocycles. The van der Waals surface area contributed by atoms with Crippen molar-refractivity contribution in [3.8, 4) is 0 Å². The molecule has 0 radical (unpaired) electrons. The van der Waals surface area contributed by atoms with Crippen LogP contribution in [0.15, 0.2) is 39.7 Å². The van der Waals surface area contributed by atoms with Crippen LogP contribution in [0.1, 0.15) is 11.8 Å². The van der Waals surface area contributed by atoms with Gasteiger partial charge in [0.25, 0.3) is 0 Å². The summed E-state index contributed by atoms with van der Waals surface area (Å²) in [5.41, 5.74) is 0. The highest BCUT2D eigenvalue weighted by molar-refractivity contribution is 9.10. The predicted octanol–water partition coefficient (Wildman–Crippen LogP) is 2.07. The zero-order valence-electron chi connectivity index (χ0n) is 8.50. The number of carboxylic acids is 1. The van der Waals surface area contributed by atoms with Gasteiger partial charge in [0.15, 0.2) is 6.04 Å². The Morgan fingerprint density at radius 2 is 2.18 bits per heavy atom. The molecule has 0 saturated heterocycles. The number of anilines is 1. The number of halogens is 1. The highest BCUT2D eigenvalue weighted by Crippen LogP contribution is 2.18. The number of furan rings is 1. The van der Waals surface area contributed by atoms with Crippen molar-refractivity contribution in [1.29, 1.82) is 0 Å². The fourth-order valence-corrected chi connectivity index (χ4v) is 1.43. The van der Waals surface area contributed by atoms with Gasteiger partial charge in [-0.15, -0.1) is 0 Å². The molecular formula is C10H8BrN3O3. The molecule has 0 saturated carbocycles. The number of rotatable bonds is 4. The first-order valence-electron chi connectivity index (χ1n) is 4.67. The SMILES string of the molecule is O=C(O)C(Nc1ncc(Br)cn1)c1ccco1. The summed E-state index contributed by atoms with van der Waals surface area (Å²) >= 11 is 3.19.